The maximum atomic E-state index is 14.8. The minimum Gasteiger partial charge on any atom is -0.760 e. The predicted molar refractivity (Wildman–Crippen MR) is 108 cm³/mol. The first-order chi connectivity index (χ1) is 13.3. The minimum atomic E-state index is -2.40. The predicted octanol–water partition coefficient (Wildman–Crippen LogP) is 2.39. The number of rotatable bonds is 6. The monoisotopic (exact) mass is 442 g/mol. The number of aromatic nitrogens is 2. The van der Waals surface area contributed by atoms with Gasteiger partial charge in [-0.1, -0.05) is 6.07 Å². The van der Waals surface area contributed by atoms with Gasteiger partial charge in [0.15, 0.2) is 11.5 Å². The average molecular weight is 443 g/mol. The number of ether oxygens (including phenoxy) is 2. The Balaban J connectivity index is 0.00000300. The lowest BCUT2D eigenvalue weighted by Gasteiger charge is -2.19. The number of methoxy groups -OCH3 is 2. The molecule has 3 rings (SSSR count). The fourth-order valence-electron chi connectivity index (χ4n) is 2.85. The molecule has 156 valence electrons. The third-order valence-electron chi connectivity index (χ3n) is 4.24. The van der Waals surface area contributed by atoms with E-state index in [0.717, 1.165) is 4.31 Å². The second-order valence-corrected chi connectivity index (χ2v) is 7.03. The summed E-state index contributed by atoms with van der Waals surface area (Å²) in [5.74, 6) is 0.139. The van der Waals surface area contributed by atoms with Crippen molar-refractivity contribution in [2.45, 2.75) is 6.54 Å². The average Bonchev–Trinajstić information content (AvgIpc) is 2.68. The van der Waals surface area contributed by atoms with E-state index in [0.29, 0.717) is 22.4 Å². The number of hydrogen-bond donors (Lipinski definition) is 1. The highest BCUT2D eigenvalue weighted by Gasteiger charge is 2.17. The quantitative estimate of drug-likeness (QED) is 0.587. The van der Waals surface area contributed by atoms with Gasteiger partial charge in [-0.25, -0.2) is 13.8 Å². The smallest absolute Gasteiger partial charge is 0.272 e. The Hall–Kier alpha value is -2.53. The zero-order valence-electron chi connectivity index (χ0n) is 15.7. The molecule has 3 aromatic rings. The number of halogens is 2. The number of benzene rings is 2. The molecule has 1 unspecified atom stereocenters. The van der Waals surface area contributed by atoms with E-state index in [1.807, 2.05) is 0 Å². The Morgan fingerprint density at radius 1 is 1.17 bits per heavy atom. The molecule has 8 nitrogen and oxygen atoms in total. The molecular weight excluding hydrogens is 425 g/mol. The second-order valence-electron chi connectivity index (χ2n) is 5.97. The topological polar surface area (TPSA) is 108 Å². The largest absolute Gasteiger partial charge is 0.760 e. The lowest BCUT2D eigenvalue weighted by Crippen LogP contribution is -2.20. The summed E-state index contributed by atoms with van der Waals surface area (Å²) in [5, 5.41) is 7.03. The van der Waals surface area contributed by atoms with Crippen LogP contribution in [-0.2, 0) is 17.8 Å². The number of nitrogens with one attached hydrogen (secondary N) is 1. The molecule has 0 radical (unpaired) electrons. The molecule has 1 N–H and O–H groups in total. The van der Waals surface area contributed by atoms with Crippen molar-refractivity contribution in [3.05, 3.63) is 52.1 Å². The van der Waals surface area contributed by atoms with Gasteiger partial charge in [0.2, 0.25) is 0 Å². The summed E-state index contributed by atoms with van der Waals surface area (Å²) in [4.78, 5) is 12.2. The summed E-state index contributed by atoms with van der Waals surface area (Å²) in [6.07, 6.45) is 0. The highest BCUT2D eigenvalue weighted by molar-refractivity contribution is 7.76. The Morgan fingerprint density at radius 3 is 2.34 bits per heavy atom. The van der Waals surface area contributed by atoms with Crippen LogP contribution in [0.3, 0.4) is 0 Å². The van der Waals surface area contributed by atoms with Gasteiger partial charge in [0.1, 0.15) is 11.5 Å². The Morgan fingerprint density at radius 2 is 1.79 bits per heavy atom. The molecule has 1 heterocycles. The summed E-state index contributed by atoms with van der Waals surface area (Å²) >= 11 is -2.40. The molecule has 11 heteroatoms. The third kappa shape index (κ3) is 4.56. The van der Waals surface area contributed by atoms with Crippen molar-refractivity contribution < 1.29 is 22.6 Å². The lowest BCUT2D eigenvalue weighted by atomic mass is 10.0. The van der Waals surface area contributed by atoms with Crippen LogP contribution in [0.4, 0.5) is 4.39 Å². The molecule has 0 saturated carbocycles. The van der Waals surface area contributed by atoms with Gasteiger partial charge < -0.3 is 14.0 Å². The Kier molecular flexibility index (Phi) is 7.31. The van der Waals surface area contributed by atoms with Gasteiger partial charge in [-0.2, -0.15) is 5.10 Å². The van der Waals surface area contributed by atoms with Gasteiger partial charge in [0, 0.05) is 28.8 Å². The summed E-state index contributed by atoms with van der Waals surface area (Å²) in [5.41, 5.74) is 0.403. The SMILES string of the molecule is COc1cc2c(-c3ccc(CN(C)S(=O)[O-])cc3F)n[nH]c(=O)c2cc1OC.Cl. The highest BCUT2D eigenvalue weighted by atomic mass is 35.5. The van der Waals surface area contributed by atoms with Crippen LogP contribution in [0.15, 0.2) is 35.1 Å². The van der Waals surface area contributed by atoms with Crippen molar-refractivity contribution >= 4 is 34.4 Å². The number of aromatic amines is 1. The molecule has 0 fully saturated rings. The van der Waals surface area contributed by atoms with Gasteiger partial charge >= 0.3 is 0 Å². The fraction of sp³-hybridized carbons (Fsp3) is 0.222. The molecule has 1 aromatic heterocycles. The van der Waals surface area contributed by atoms with Crippen molar-refractivity contribution in [1.82, 2.24) is 14.5 Å². The first kappa shape index (κ1) is 22.8. The van der Waals surface area contributed by atoms with Gasteiger partial charge in [-0.3, -0.25) is 9.00 Å². The molecule has 0 amide bonds. The molecule has 0 aliphatic carbocycles. The summed E-state index contributed by atoms with van der Waals surface area (Å²) in [7, 11) is 4.28. The number of H-pyrrole nitrogens is 1. The molecule has 0 aliphatic heterocycles. The third-order valence-corrected chi connectivity index (χ3v) is 4.88. The zero-order valence-corrected chi connectivity index (χ0v) is 17.4. The van der Waals surface area contributed by atoms with E-state index in [-0.39, 0.29) is 35.6 Å². The standard InChI is InChI=1S/C18H18FN3O5S.ClH/c1-22(28(24)25)9-10-4-5-11(14(19)6-10)17-12-7-15(26-2)16(27-3)8-13(12)18(23)21-20-17;/h4-8H,9H2,1-3H3,(H,21,23)(H,24,25);1H/p-1. The van der Waals surface area contributed by atoms with Crippen LogP contribution in [0.1, 0.15) is 5.56 Å². The highest BCUT2D eigenvalue weighted by Crippen LogP contribution is 2.35. The van der Waals surface area contributed by atoms with Crippen molar-refractivity contribution in [2.75, 3.05) is 21.3 Å². The van der Waals surface area contributed by atoms with E-state index in [4.69, 9.17) is 9.47 Å². The van der Waals surface area contributed by atoms with Crippen LogP contribution in [0.25, 0.3) is 22.0 Å². The van der Waals surface area contributed by atoms with Gasteiger partial charge in [0.05, 0.1) is 19.6 Å². The molecule has 0 bridgehead atoms. The maximum Gasteiger partial charge on any atom is 0.272 e. The van der Waals surface area contributed by atoms with Gasteiger partial charge in [0.25, 0.3) is 5.56 Å². The van der Waals surface area contributed by atoms with Crippen LogP contribution in [0.5, 0.6) is 11.5 Å². The van der Waals surface area contributed by atoms with Crippen LogP contribution < -0.4 is 15.0 Å². The van der Waals surface area contributed by atoms with Crippen LogP contribution in [0.2, 0.25) is 0 Å². The Labute approximate surface area is 174 Å². The molecular formula is C18H18ClFN3O5S-. The first-order valence-corrected chi connectivity index (χ1v) is 9.12. The fourth-order valence-corrected chi connectivity index (χ4v) is 3.11. The Bertz CT molecular complexity index is 1120. The number of fused-ring (bicyclic) bond motifs is 1. The zero-order chi connectivity index (χ0) is 20.4. The van der Waals surface area contributed by atoms with Gasteiger partial charge in [-0.05, 0) is 36.9 Å². The number of nitrogens with zero attached hydrogens (tertiary/aromatic N) is 2. The van der Waals surface area contributed by atoms with Crippen LogP contribution in [0, 0.1) is 5.82 Å². The summed E-state index contributed by atoms with van der Waals surface area (Å²) in [6, 6.07) is 7.39. The van der Waals surface area contributed by atoms with E-state index in [2.05, 4.69) is 10.2 Å². The minimum absolute atomic E-state index is 0. The molecule has 0 aliphatic rings. The van der Waals surface area contributed by atoms with E-state index in [1.54, 1.807) is 12.1 Å². The normalized spacial score (nSPS) is 11.9. The van der Waals surface area contributed by atoms with E-state index < -0.39 is 22.6 Å². The van der Waals surface area contributed by atoms with E-state index in [1.165, 1.54) is 39.5 Å². The van der Waals surface area contributed by atoms with Crippen molar-refractivity contribution in [3.63, 3.8) is 0 Å². The number of hydrogen-bond acceptors (Lipinski definition) is 6. The second kappa shape index (κ2) is 9.31. The van der Waals surface area contributed by atoms with Crippen molar-refractivity contribution in [1.29, 1.82) is 0 Å². The molecule has 0 saturated heterocycles. The van der Waals surface area contributed by atoms with Crippen molar-refractivity contribution in [3.8, 4) is 22.8 Å². The van der Waals surface area contributed by atoms with Crippen LogP contribution in [-0.4, -0.2) is 44.5 Å². The maximum absolute atomic E-state index is 14.8. The summed E-state index contributed by atoms with van der Waals surface area (Å²) in [6.45, 7) is 0.0259. The molecule has 0 spiro atoms. The van der Waals surface area contributed by atoms with Crippen molar-refractivity contribution in [2.24, 2.45) is 0 Å². The molecule has 1 atom stereocenters. The lowest BCUT2D eigenvalue weighted by molar-refractivity contribution is 0.356. The molecule has 2 aromatic carbocycles. The van der Waals surface area contributed by atoms with Gasteiger partial charge in [-0.15, -0.1) is 12.4 Å². The van der Waals surface area contributed by atoms with E-state index >= 15 is 0 Å². The summed E-state index contributed by atoms with van der Waals surface area (Å²) < 4.78 is 48.2. The first-order valence-electron chi connectivity index (χ1n) is 8.09. The molecule has 29 heavy (non-hydrogen) atoms. The van der Waals surface area contributed by atoms with E-state index in [9.17, 15) is 17.9 Å². The van der Waals surface area contributed by atoms with Crippen LogP contribution >= 0.6 is 12.4 Å².